The summed E-state index contributed by atoms with van der Waals surface area (Å²) < 4.78 is 0.254. The van der Waals surface area contributed by atoms with E-state index in [-0.39, 0.29) is 14.7 Å². The monoisotopic (exact) mass is 282 g/mol. The second kappa shape index (κ2) is 3.31. The van der Waals surface area contributed by atoms with Crippen molar-refractivity contribution in [2.75, 3.05) is 5.73 Å². The van der Waals surface area contributed by atoms with E-state index in [9.17, 15) is 0 Å². The molecule has 1 aromatic rings. The van der Waals surface area contributed by atoms with Gasteiger partial charge in [0, 0.05) is 0 Å². The van der Waals surface area contributed by atoms with Crippen molar-refractivity contribution in [3.05, 3.63) is 17.0 Å². The van der Waals surface area contributed by atoms with Crippen LogP contribution in [0.5, 0.6) is 0 Å². The second-order valence-corrected chi connectivity index (χ2v) is 3.21. The highest BCUT2D eigenvalue weighted by molar-refractivity contribution is 14.1. The van der Waals surface area contributed by atoms with Crippen LogP contribution in [0.15, 0.2) is 6.20 Å². The number of nitrogens with two attached hydrogens (primary N) is 1. The van der Waals surface area contributed by atoms with Gasteiger partial charge in [-0.1, -0.05) is 11.6 Å². The van der Waals surface area contributed by atoms with Gasteiger partial charge in [0.15, 0.2) is 5.82 Å². The third kappa shape index (κ3) is 2.00. The topological polar surface area (TPSA) is 75.7 Å². The van der Waals surface area contributed by atoms with E-state index in [0.717, 1.165) is 0 Å². The first-order chi connectivity index (χ1) is 5.11. The van der Waals surface area contributed by atoms with Crippen molar-refractivity contribution in [1.29, 1.82) is 5.41 Å². The summed E-state index contributed by atoms with van der Waals surface area (Å²) in [5.74, 6) is 0.192. The zero-order valence-electron chi connectivity index (χ0n) is 5.31. The third-order valence-corrected chi connectivity index (χ3v) is 1.67. The number of hydrogen-bond donors (Lipinski definition) is 2. The minimum Gasteiger partial charge on any atom is -0.382 e. The van der Waals surface area contributed by atoms with Crippen LogP contribution >= 0.6 is 34.2 Å². The Hall–Kier alpha value is -0.430. The summed E-state index contributed by atoms with van der Waals surface area (Å²) in [6, 6.07) is 0. The molecule has 4 nitrogen and oxygen atoms in total. The number of aromatic nitrogens is 2. The summed E-state index contributed by atoms with van der Waals surface area (Å²) in [6.07, 6.45) is 1.36. The molecule has 0 aromatic carbocycles. The molecule has 0 amide bonds. The van der Waals surface area contributed by atoms with Crippen LogP contribution in [-0.4, -0.2) is 13.7 Å². The molecule has 6 heteroatoms. The Morgan fingerprint density at radius 2 is 2.36 bits per heavy atom. The minimum atomic E-state index is 0.192. The lowest BCUT2D eigenvalue weighted by Crippen LogP contribution is -2.03. The summed E-state index contributed by atoms with van der Waals surface area (Å²) >= 11 is 7.30. The summed E-state index contributed by atoms with van der Waals surface area (Å²) in [6.45, 7) is 0. The van der Waals surface area contributed by atoms with Gasteiger partial charge in [0.25, 0.3) is 0 Å². The quantitative estimate of drug-likeness (QED) is 0.605. The maximum absolute atomic E-state index is 7.21. The average Bonchev–Trinajstić information content (AvgIpc) is 1.85. The maximum atomic E-state index is 7.21. The summed E-state index contributed by atoms with van der Waals surface area (Å²) in [5.41, 5.74) is 5.79. The lowest BCUT2D eigenvalue weighted by molar-refractivity contribution is 1.19. The molecule has 0 fully saturated rings. The van der Waals surface area contributed by atoms with Gasteiger partial charge in [-0.2, -0.15) is 0 Å². The van der Waals surface area contributed by atoms with E-state index in [1.807, 2.05) is 0 Å². The fourth-order valence-electron chi connectivity index (χ4n) is 0.550. The van der Waals surface area contributed by atoms with Gasteiger partial charge in [0.1, 0.15) is 14.6 Å². The normalized spacial score (nSPS) is 9.64. The van der Waals surface area contributed by atoms with Gasteiger partial charge >= 0.3 is 0 Å². The number of halogens is 2. The molecule has 0 aliphatic rings. The summed E-state index contributed by atoms with van der Waals surface area (Å²) in [4.78, 5) is 7.56. The fraction of sp³-hybridized carbons (Fsp3) is 0. The number of nitrogen functional groups attached to an aromatic ring is 1. The molecule has 0 aliphatic carbocycles. The van der Waals surface area contributed by atoms with E-state index in [0.29, 0.717) is 5.69 Å². The molecule has 0 radical (unpaired) electrons. The van der Waals surface area contributed by atoms with Crippen LogP contribution < -0.4 is 5.73 Å². The van der Waals surface area contributed by atoms with Gasteiger partial charge in [-0.15, -0.1) is 0 Å². The van der Waals surface area contributed by atoms with Crippen molar-refractivity contribution in [2.45, 2.75) is 0 Å². The largest absolute Gasteiger partial charge is 0.382 e. The number of hydrogen-bond acceptors (Lipinski definition) is 4. The Labute approximate surface area is 81.8 Å². The average molecular weight is 282 g/mol. The molecule has 0 spiro atoms. The molecule has 58 valence electrons. The fourth-order valence-corrected chi connectivity index (χ4v) is 1.11. The molecule has 1 rings (SSSR count). The van der Waals surface area contributed by atoms with Crippen LogP contribution in [0.2, 0.25) is 5.15 Å². The number of anilines is 1. The standard InChI is InChI=1S/C5H4ClIN4/c6-2-1-10-3(4(7)8)5(9)11-2/h1,8H,(H2,9,11). The molecule has 0 saturated carbocycles. The molecular weight excluding hydrogens is 278 g/mol. The van der Waals surface area contributed by atoms with Crippen LogP contribution in [0.4, 0.5) is 5.82 Å². The first kappa shape index (κ1) is 8.66. The summed E-state index contributed by atoms with van der Waals surface area (Å²) in [7, 11) is 0. The smallest absolute Gasteiger partial charge is 0.153 e. The third-order valence-electron chi connectivity index (χ3n) is 0.978. The van der Waals surface area contributed by atoms with Crippen LogP contribution in [0.1, 0.15) is 5.69 Å². The van der Waals surface area contributed by atoms with E-state index in [1.165, 1.54) is 6.20 Å². The lowest BCUT2D eigenvalue weighted by Gasteiger charge is -1.98. The van der Waals surface area contributed by atoms with Crippen LogP contribution in [0.3, 0.4) is 0 Å². The van der Waals surface area contributed by atoms with Crippen molar-refractivity contribution in [2.24, 2.45) is 0 Å². The van der Waals surface area contributed by atoms with Gasteiger partial charge in [0.05, 0.1) is 6.20 Å². The first-order valence-electron chi connectivity index (χ1n) is 2.63. The van der Waals surface area contributed by atoms with Crippen LogP contribution in [-0.2, 0) is 0 Å². The van der Waals surface area contributed by atoms with Crippen LogP contribution in [0.25, 0.3) is 0 Å². The molecule has 0 unspecified atom stereocenters. The Balaban J connectivity index is 3.20. The van der Waals surface area contributed by atoms with Gasteiger partial charge in [-0.3, -0.25) is 5.41 Å². The predicted molar refractivity (Wildman–Crippen MR) is 52.3 cm³/mol. The van der Waals surface area contributed by atoms with E-state index >= 15 is 0 Å². The highest BCUT2D eigenvalue weighted by Crippen LogP contribution is 2.12. The second-order valence-electron chi connectivity index (χ2n) is 1.74. The predicted octanol–water partition coefficient (Wildman–Crippen LogP) is 1.47. The van der Waals surface area contributed by atoms with Crippen LogP contribution in [0, 0.1) is 5.41 Å². The molecule has 1 aromatic heterocycles. The van der Waals surface area contributed by atoms with Crippen molar-refractivity contribution < 1.29 is 0 Å². The SMILES string of the molecule is N=C(I)c1ncc(Cl)nc1N. The molecule has 11 heavy (non-hydrogen) atoms. The zero-order chi connectivity index (χ0) is 8.43. The van der Waals surface area contributed by atoms with E-state index in [1.54, 1.807) is 22.6 Å². The maximum Gasteiger partial charge on any atom is 0.153 e. The van der Waals surface area contributed by atoms with Crippen molar-refractivity contribution in [3.8, 4) is 0 Å². The molecule has 0 saturated heterocycles. The molecule has 0 aliphatic heterocycles. The van der Waals surface area contributed by atoms with E-state index < -0.39 is 0 Å². The number of nitrogens with zero attached hydrogens (tertiary/aromatic N) is 2. The van der Waals surface area contributed by atoms with E-state index in [2.05, 4.69) is 9.97 Å². The minimum absolute atomic E-state index is 0.192. The Morgan fingerprint density at radius 1 is 1.73 bits per heavy atom. The molecule has 0 bridgehead atoms. The molecular formula is C5H4ClIN4. The van der Waals surface area contributed by atoms with Gasteiger partial charge in [-0.05, 0) is 22.6 Å². The molecule has 0 atom stereocenters. The lowest BCUT2D eigenvalue weighted by atomic mass is 10.4. The molecule has 3 N–H and O–H groups in total. The molecule has 1 heterocycles. The Morgan fingerprint density at radius 3 is 2.82 bits per heavy atom. The van der Waals surface area contributed by atoms with Gasteiger partial charge < -0.3 is 5.73 Å². The van der Waals surface area contributed by atoms with E-state index in [4.69, 9.17) is 22.7 Å². The number of rotatable bonds is 1. The highest BCUT2D eigenvalue weighted by Gasteiger charge is 2.05. The van der Waals surface area contributed by atoms with Gasteiger partial charge in [0.2, 0.25) is 0 Å². The van der Waals surface area contributed by atoms with Crippen molar-refractivity contribution in [1.82, 2.24) is 9.97 Å². The number of nitrogens with one attached hydrogen (secondary N) is 1. The van der Waals surface area contributed by atoms with Crippen molar-refractivity contribution in [3.63, 3.8) is 0 Å². The summed E-state index contributed by atoms with van der Waals surface area (Å²) in [5, 5.41) is 7.45. The first-order valence-corrected chi connectivity index (χ1v) is 4.09. The zero-order valence-corrected chi connectivity index (χ0v) is 8.22. The van der Waals surface area contributed by atoms with Gasteiger partial charge in [-0.25, -0.2) is 9.97 Å². The Kier molecular flexibility index (Phi) is 2.61. The highest BCUT2D eigenvalue weighted by atomic mass is 127. The Bertz CT molecular complexity index is 301. The van der Waals surface area contributed by atoms with Crippen molar-refractivity contribution >= 4 is 43.7 Å².